The Morgan fingerprint density at radius 3 is 1.71 bits per heavy atom. The molecule has 0 fully saturated rings. The van der Waals surface area contributed by atoms with Gasteiger partial charge in [0.1, 0.15) is 0 Å². The first-order chi connectivity index (χ1) is 15.2. The lowest BCUT2D eigenvalue weighted by Gasteiger charge is -2.34. The molecule has 0 bridgehead atoms. The van der Waals surface area contributed by atoms with Crippen LogP contribution in [0.2, 0.25) is 0 Å². The molecule has 31 heavy (non-hydrogen) atoms. The van der Waals surface area contributed by atoms with E-state index in [1.54, 1.807) is 0 Å². The molecule has 0 radical (unpaired) electrons. The van der Waals surface area contributed by atoms with Crippen molar-refractivity contribution >= 4 is 11.6 Å². The number of fused-ring (bicyclic) bond motifs is 2. The van der Waals surface area contributed by atoms with Crippen LogP contribution in [-0.4, -0.2) is 11.6 Å². The predicted molar refractivity (Wildman–Crippen MR) is 123 cm³/mol. The van der Waals surface area contributed by atoms with Gasteiger partial charge in [-0.15, -0.1) is 0 Å². The molecule has 0 amide bonds. The molecule has 0 N–H and O–H groups in total. The number of carbonyl (C=O) groups is 2. The molecule has 0 aliphatic heterocycles. The van der Waals surface area contributed by atoms with Gasteiger partial charge in [-0.25, -0.2) is 0 Å². The van der Waals surface area contributed by atoms with Crippen LogP contribution in [0.1, 0.15) is 61.2 Å². The number of rotatable bonds is 5. The zero-order valence-electron chi connectivity index (χ0n) is 17.1. The van der Waals surface area contributed by atoms with Gasteiger partial charge in [0, 0.05) is 34.9 Å². The number of benzene rings is 4. The molecule has 0 spiro atoms. The van der Waals surface area contributed by atoms with Crippen molar-refractivity contribution in [1.29, 1.82) is 0 Å². The van der Waals surface area contributed by atoms with E-state index in [0.717, 1.165) is 33.4 Å². The van der Waals surface area contributed by atoms with E-state index in [9.17, 15) is 9.59 Å². The SMILES string of the molecule is O=C(CC(c1ccccc1)C1c2ccccc2C(=O)c2ccccc21)c1ccccc1. The van der Waals surface area contributed by atoms with Gasteiger partial charge >= 0.3 is 0 Å². The molecule has 5 rings (SSSR count). The van der Waals surface area contributed by atoms with E-state index in [4.69, 9.17) is 0 Å². The summed E-state index contributed by atoms with van der Waals surface area (Å²) in [7, 11) is 0. The first-order valence-corrected chi connectivity index (χ1v) is 10.6. The molecule has 2 heteroatoms. The van der Waals surface area contributed by atoms with Crippen LogP contribution in [-0.2, 0) is 0 Å². The standard InChI is InChI=1S/C29H22O2/c30-27(21-13-5-2-6-14-21)19-26(20-11-3-1-4-12-20)28-22-15-7-9-17-24(22)29(31)25-18-10-8-16-23(25)28/h1-18,26,28H,19H2. The van der Waals surface area contributed by atoms with Crippen LogP contribution in [0.25, 0.3) is 0 Å². The maximum atomic E-state index is 13.3. The summed E-state index contributed by atoms with van der Waals surface area (Å²) < 4.78 is 0. The highest BCUT2D eigenvalue weighted by molar-refractivity contribution is 6.13. The van der Waals surface area contributed by atoms with E-state index in [0.29, 0.717) is 6.42 Å². The van der Waals surface area contributed by atoms with Crippen molar-refractivity contribution in [1.82, 2.24) is 0 Å². The summed E-state index contributed by atoms with van der Waals surface area (Å²) in [6.07, 6.45) is 0.371. The average Bonchev–Trinajstić information content (AvgIpc) is 2.84. The molecule has 150 valence electrons. The Bertz CT molecular complexity index is 1190. The molecule has 0 saturated heterocycles. The summed E-state index contributed by atoms with van der Waals surface area (Å²) in [5, 5.41) is 0. The lowest BCUT2D eigenvalue weighted by Crippen LogP contribution is -2.25. The van der Waals surface area contributed by atoms with Crippen LogP contribution in [0.3, 0.4) is 0 Å². The van der Waals surface area contributed by atoms with Gasteiger partial charge in [-0.1, -0.05) is 109 Å². The zero-order valence-corrected chi connectivity index (χ0v) is 17.1. The normalized spacial score (nSPS) is 13.9. The van der Waals surface area contributed by atoms with Crippen molar-refractivity contribution in [3.05, 3.63) is 143 Å². The molecule has 0 heterocycles. The number of Topliss-reactive ketones (excluding diaryl/α,β-unsaturated/α-hetero) is 1. The van der Waals surface area contributed by atoms with Crippen LogP contribution in [0.4, 0.5) is 0 Å². The van der Waals surface area contributed by atoms with E-state index < -0.39 is 0 Å². The number of hydrogen-bond acceptors (Lipinski definition) is 2. The van der Waals surface area contributed by atoms with Gasteiger partial charge in [-0.2, -0.15) is 0 Å². The summed E-state index contributed by atoms with van der Waals surface area (Å²) in [5.74, 6) is 0.0226. The molecule has 1 atom stereocenters. The maximum Gasteiger partial charge on any atom is 0.193 e. The second kappa shape index (κ2) is 8.16. The second-order valence-corrected chi connectivity index (χ2v) is 7.99. The van der Waals surface area contributed by atoms with E-state index in [1.165, 1.54) is 0 Å². The van der Waals surface area contributed by atoms with E-state index >= 15 is 0 Å². The lowest BCUT2D eigenvalue weighted by molar-refractivity contribution is 0.0971. The van der Waals surface area contributed by atoms with Crippen LogP contribution in [0.5, 0.6) is 0 Å². The highest BCUT2D eigenvalue weighted by atomic mass is 16.1. The minimum atomic E-state index is -0.0793. The highest BCUT2D eigenvalue weighted by Gasteiger charge is 2.37. The second-order valence-electron chi connectivity index (χ2n) is 7.99. The fraction of sp³-hybridized carbons (Fsp3) is 0.103. The Balaban J connectivity index is 1.67. The van der Waals surface area contributed by atoms with Gasteiger partial charge in [0.25, 0.3) is 0 Å². The quantitative estimate of drug-likeness (QED) is 0.361. The summed E-state index contributed by atoms with van der Waals surface area (Å²) >= 11 is 0. The lowest BCUT2D eigenvalue weighted by atomic mass is 9.68. The van der Waals surface area contributed by atoms with Gasteiger partial charge in [0.2, 0.25) is 0 Å². The third-order valence-electron chi connectivity index (χ3n) is 6.21. The third-order valence-corrected chi connectivity index (χ3v) is 6.21. The summed E-state index contributed by atoms with van der Waals surface area (Å²) in [5.41, 5.74) is 5.30. The fourth-order valence-electron chi connectivity index (χ4n) is 4.77. The molecule has 0 saturated carbocycles. The molecular weight excluding hydrogens is 380 g/mol. The number of carbonyl (C=O) groups excluding carboxylic acids is 2. The van der Waals surface area contributed by atoms with Gasteiger partial charge < -0.3 is 0 Å². The Morgan fingerprint density at radius 2 is 1.13 bits per heavy atom. The molecular formula is C29H22O2. The van der Waals surface area contributed by atoms with Crippen molar-refractivity contribution < 1.29 is 9.59 Å². The van der Waals surface area contributed by atoms with E-state index in [1.807, 2.05) is 97.1 Å². The Kier molecular flexibility index (Phi) is 5.05. The van der Waals surface area contributed by atoms with Crippen molar-refractivity contribution in [3.63, 3.8) is 0 Å². The monoisotopic (exact) mass is 402 g/mol. The molecule has 1 aliphatic carbocycles. The zero-order chi connectivity index (χ0) is 21.2. The summed E-state index contributed by atoms with van der Waals surface area (Å²) in [4.78, 5) is 26.5. The molecule has 4 aromatic carbocycles. The van der Waals surface area contributed by atoms with Crippen LogP contribution in [0.15, 0.2) is 109 Å². The van der Waals surface area contributed by atoms with Gasteiger partial charge in [0.05, 0.1) is 0 Å². The molecule has 4 aromatic rings. The third kappa shape index (κ3) is 3.51. The Hall–Kier alpha value is -3.78. The van der Waals surface area contributed by atoms with E-state index in [2.05, 4.69) is 12.1 Å². The van der Waals surface area contributed by atoms with Gasteiger partial charge in [0.15, 0.2) is 11.6 Å². The number of ketones is 2. The molecule has 1 aliphatic rings. The first kappa shape index (κ1) is 19.2. The largest absolute Gasteiger partial charge is 0.294 e. The molecule has 1 unspecified atom stereocenters. The topological polar surface area (TPSA) is 34.1 Å². The summed E-state index contributed by atoms with van der Waals surface area (Å²) in [6, 6.07) is 35.3. The summed E-state index contributed by atoms with van der Waals surface area (Å²) in [6.45, 7) is 0. The van der Waals surface area contributed by atoms with Crippen LogP contribution in [0, 0.1) is 0 Å². The van der Waals surface area contributed by atoms with Crippen molar-refractivity contribution in [2.75, 3.05) is 0 Å². The fourth-order valence-corrected chi connectivity index (χ4v) is 4.77. The molecule has 2 nitrogen and oxygen atoms in total. The highest BCUT2D eigenvalue weighted by Crippen LogP contribution is 2.46. The number of hydrogen-bond donors (Lipinski definition) is 0. The van der Waals surface area contributed by atoms with Crippen LogP contribution >= 0.6 is 0 Å². The van der Waals surface area contributed by atoms with Gasteiger partial charge in [-0.05, 0) is 16.7 Å². The van der Waals surface area contributed by atoms with Crippen molar-refractivity contribution in [3.8, 4) is 0 Å². The minimum Gasteiger partial charge on any atom is -0.294 e. The Morgan fingerprint density at radius 1 is 0.645 bits per heavy atom. The van der Waals surface area contributed by atoms with Crippen molar-refractivity contribution in [2.45, 2.75) is 18.3 Å². The Labute approximate surface area is 182 Å². The van der Waals surface area contributed by atoms with Gasteiger partial charge in [-0.3, -0.25) is 9.59 Å². The average molecular weight is 402 g/mol. The van der Waals surface area contributed by atoms with Crippen LogP contribution < -0.4 is 0 Å². The first-order valence-electron chi connectivity index (χ1n) is 10.6. The molecule has 0 aromatic heterocycles. The van der Waals surface area contributed by atoms with E-state index in [-0.39, 0.29) is 23.4 Å². The maximum absolute atomic E-state index is 13.3. The minimum absolute atomic E-state index is 0.0589. The predicted octanol–water partition coefficient (Wildman–Crippen LogP) is 6.42. The van der Waals surface area contributed by atoms with Crippen molar-refractivity contribution in [2.24, 2.45) is 0 Å². The smallest absolute Gasteiger partial charge is 0.193 e.